The van der Waals surface area contributed by atoms with Crippen molar-refractivity contribution in [2.75, 3.05) is 0 Å². The highest BCUT2D eigenvalue weighted by Gasteiger charge is 2.30. The van der Waals surface area contributed by atoms with Crippen LogP contribution in [0.1, 0.15) is 29.7 Å². The highest BCUT2D eigenvalue weighted by molar-refractivity contribution is 6.14. The van der Waals surface area contributed by atoms with Crippen LogP contribution in [0.25, 0.3) is 0 Å². The van der Waals surface area contributed by atoms with Crippen molar-refractivity contribution in [3.8, 4) is 0 Å². The first-order valence-corrected chi connectivity index (χ1v) is 8.87. The average Bonchev–Trinajstić information content (AvgIpc) is 2.74. The minimum absolute atomic E-state index is 0.169. The molecule has 0 radical (unpaired) electrons. The molecule has 1 aliphatic rings. The Morgan fingerprint density at radius 3 is 1.85 bits per heavy atom. The molecule has 3 aromatic carbocycles. The maximum atomic E-state index is 12.3. The van der Waals surface area contributed by atoms with Gasteiger partial charge in [-0.2, -0.15) is 10.1 Å². The number of hydrogen-bond acceptors (Lipinski definition) is 3. The third-order valence-corrected chi connectivity index (χ3v) is 4.43. The summed E-state index contributed by atoms with van der Waals surface area (Å²) in [6, 6.07) is 29.4. The Bertz CT molecular complexity index is 996. The van der Waals surface area contributed by atoms with Crippen molar-refractivity contribution in [2.45, 2.75) is 13.0 Å². The number of aliphatic imine (C=N–C) groups is 1. The van der Waals surface area contributed by atoms with Crippen LogP contribution >= 0.6 is 0 Å². The predicted octanol–water partition coefficient (Wildman–Crippen LogP) is 4.44. The standard InChI is InChI=1S/C23H19N3O/c1-17(27)26-23(20-15-9-4-10-16-20)24-21(18-11-5-2-6-12-18)22(25-26)19-13-7-3-8-14-19/h2-16,21H,1H3. The number of hydrazone groups is 1. The summed E-state index contributed by atoms with van der Waals surface area (Å²) in [5, 5.41) is 6.14. The summed E-state index contributed by atoms with van der Waals surface area (Å²) in [7, 11) is 0. The van der Waals surface area contributed by atoms with Crippen LogP contribution < -0.4 is 0 Å². The number of carbonyl (C=O) groups is 1. The van der Waals surface area contributed by atoms with Crippen molar-refractivity contribution in [1.29, 1.82) is 0 Å². The monoisotopic (exact) mass is 353 g/mol. The summed E-state index contributed by atoms with van der Waals surface area (Å²) in [6.45, 7) is 1.51. The summed E-state index contributed by atoms with van der Waals surface area (Å²) in [5.41, 5.74) is 3.62. The maximum absolute atomic E-state index is 12.3. The van der Waals surface area contributed by atoms with E-state index in [1.165, 1.54) is 11.9 Å². The molecule has 132 valence electrons. The Hall–Kier alpha value is -3.53. The molecule has 0 saturated heterocycles. The van der Waals surface area contributed by atoms with Gasteiger partial charge in [0.2, 0.25) is 5.91 Å². The van der Waals surface area contributed by atoms with Crippen LogP contribution in [0, 0.1) is 0 Å². The van der Waals surface area contributed by atoms with E-state index in [0.717, 1.165) is 22.4 Å². The molecule has 4 nitrogen and oxygen atoms in total. The van der Waals surface area contributed by atoms with E-state index in [4.69, 9.17) is 10.1 Å². The summed E-state index contributed by atoms with van der Waals surface area (Å²) >= 11 is 0. The van der Waals surface area contributed by atoms with Gasteiger partial charge in [0.25, 0.3) is 0 Å². The van der Waals surface area contributed by atoms with Crippen molar-refractivity contribution in [2.24, 2.45) is 10.1 Å². The van der Waals surface area contributed by atoms with Crippen LogP contribution in [0.4, 0.5) is 0 Å². The molecule has 0 aromatic heterocycles. The van der Waals surface area contributed by atoms with Gasteiger partial charge in [-0.1, -0.05) is 91.0 Å². The van der Waals surface area contributed by atoms with Crippen molar-refractivity contribution in [3.63, 3.8) is 0 Å². The summed E-state index contributed by atoms with van der Waals surface area (Å²) in [4.78, 5) is 17.3. The molecule has 1 amide bonds. The molecule has 27 heavy (non-hydrogen) atoms. The van der Waals surface area contributed by atoms with E-state index in [9.17, 15) is 4.79 Å². The molecule has 0 aliphatic carbocycles. The molecule has 0 bridgehead atoms. The van der Waals surface area contributed by atoms with Gasteiger partial charge in [0.05, 0.1) is 5.71 Å². The van der Waals surface area contributed by atoms with Gasteiger partial charge >= 0.3 is 0 Å². The Morgan fingerprint density at radius 1 is 0.778 bits per heavy atom. The molecule has 1 atom stereocenters. The topological polar surface area (TPSA) is 45.0 Å². The number of carbonyl (C=O) groups excluding carboxylic acids is 1. The van der Waals surface area contributed by atoms with Gasteiger partial charge in [-0.3, -0.25) is 9.79 Å². The van der Waals surface area contributed by atoms with E-state index in [1.54, 1.807) is 0 Å². The lowest BCUT2D eigenvalue weighted by atomic mass is 9.96. The highest BCUT2D eigenvalue weighted by Crippen LogP contribution is 2.29. The smallest absolute Gasteiger partial charge is 0.245 e. The maximum Gasteiger partial charge on any atom is 0.245 e. The van der Waals surface area contributed by atoms with E-state index in [2.05, 4.69) is 0 Å². The fourth-order valence-corrected chi connectivity index (χ4v) is 3.14. The van der Waals surface area contributed by atoms with Crippen LogP contribution in [0.3, 0.4) is 0 Å². The number of rotatable bonds is 3. The van der Waals surface area contributed by atoms with E-state index in [1.807, 2.05) is 91.0 Å². The third-order valence-electron chi connectivity index (χ3n) is 4.43. The molecule has 0 saturated carbocycles. The zero-order chi connectivity index (χ0) is 18.6. The van der Waals surface area contributed by atoms with Crippen molar-refractivity contribution < 1.29 is 4.79 Å². The number of nitrogens with zero attached hydrogens (tertiary/aromatic N) is 3. The summed E-state index contributed by atoms with van der Waals surface area (Å²) in [5.74, 6) is 0.397. The average molecular weight is 353 g/mol. The SMILES string of the molecule is CC(=O)N1N=C(c2ccccc2)C(c2ccccc2)N=C1c1ccccc1. The number of amides is 1. The Balaban J connectivity index is 1.89. The highest BCUT2D eigenvalue weighted by atomic mass is 16.2. The quantitative estimate of drug-likeness (QED) is 0.686. The van der Waals surface area contributed by atoms with Gasteiger partial charge < -0.3 is 0 Å². The fourth-order valence-electron chi connectivity index (χ4n) is 3.14. The molecule has 1 aliphatic heterocycles. The molecule has 1 unspecified atom stereocenters. The third kappa shape index (κ3) is 3.42. The van der Waals surface area contributed by atoms with E-state index >= 15 is 0 Å². The first-order chi connectivity index (χ1) is 13.2. The van der Waals surface area contributed by atoms with Gasteiger partial charge in [0, 0.05) is 18.1 Å². The summed E-state index contributed by atoms with van der Waals surface area (Å²) < 4.78 is 0. The lowest BCUT2D eigenvalue weighted by Gasteiger charge is -2.28. The molecule has 4 rings (SSSR count). The van der Waals surface area contributed by atoms with E-state index < -0.39 is 0 Å². The van der Waals surface area contributed by atoms with Crippen LogP contribution in [-0.4, -0.2) is 22.5 Å². The van der Waals surface area contributed by atoms with Gasteiger partial charge in [-0.15, -0.1) is 0 Å². The van der Waals surface area contributed by atoms with Crippen LogP contribution in [0.5, 0.6) is 0 Å². The Kier molecular flexibility index (Phi) is 4.62. The van der Waals surface area contributed by atoms with Gasteiger partial charge in [0.1, 0.15) is 6.04 Å². The van der Waals surface area contributed by atoms with Crippen molar-refractivity contribution >= 4 is 17.5 Å². The minimum Gasteiger partial charge on any atom is -0.273 e. The molecule has 3 aromatic rings. The largest absolute Gasteiger partial charge is 0.273 e. The van der Waals surface area contributed by atoms with Crippen LogP contribution in [0.2, 0.25) is 0 Å². The zero-order valence-electron chi connectivity index (χ0n) is 15.0. The van der Waals surface area contributed by atoms with E-state index in [0.29, 0.717) is 5.84 Å². The lowest BCUT2D eigenvalue weighted by Crippen LogP contribution is -2.37. The van der Waals surface area contributed by atoms with E-state index in [-0.39, 0.29) is 11.9 Å². The lowest BCUT2D eigenvalue weighted by molar-refractivity contribution is -0.125. The second kappa shape index (κ2) is 7.38. The minimum atomic E-state index is -0.278. The first-order valence-electron chi connectivity index (χ1n) is 8.87. The Labute approximate surface area is 158 Å². The summed E-state index contributed by atoms with van der Waals surface area (Å²) in [6.07, 6.45) is 0. The predicted molar refractivity (Wildman–Crippen MR) is 108 cm³/mol. The molecule has 1 heterocycles. The number of hydrogen-bond donors (Lipinski definition) is 0. The van der Waals surface area contributed by atoms with Crippen molar-refractivity contribution in [3.05, 3.63) is 108 Å². The van der Waals surface area contributed by atoms with Gasteiger partial charge in [-0.05, 0) is 5.56 Å². The zero-order valence-corrected chi connectivity index (χ0v) is 15.0. The molecular formula is C23H19N3O. The second-order valence-corrected chi connectivity index (χ2v) is 6.31. The fraction of sp³-hybridized carbons (Fsp3) is 0.0870. The van der Waals surface area contributed by atoms with Gasteiger partial charge in [0.15, 0.2) is 5.84 Å². The Morgan fingerprint density at radius 2 is 1.30 bits per heavy atom. The van der Waals surface area contributed by atoms with Crippen LogP contribution in [-0.2, 0) is 4.79 Å². The van der Waals surface area contributed by atoms with Gasteiger partial charge in [-0.25, -0.2) is 0 Å². The van der Waals surface area contributed by atoms with Crippen molar-refractivity contribution in [1.82, 2.24) is 5.01 Å². The number of amidine groups is 1. The van der Waals surface area contributed by atoms with Crippen LogP contribution in [0.15, 0.2) is 101 Å². The number of benzene rings is 3. The molecule has 4 heteroatoms. The normalized spacial score (nSPS) is 16.5. The second-order valence-electron chi connectivity index (χ2n) is 6.31. The molecule has 0 N–H and O–H groups in total. The molecular weight excluding hydrogens is 334 g/mol. The first kappa shape index (κ1) is 16.9. The molecule has 0 fully saturated rings. The molecule has 0 spiro atoms.